The Balaban J connectivity index is 1.96. The predicted molar refractivity (Wildman–Crippen MR) is 66.7 cm³/mol. The van der Waals surface area contributed by atoms with Crippen molar-refractivity contribution in [3.63, 3.8) is 0 Å². The van der Waals surface area contributed by atoms with Gasteiger partial charge in [0.05, 0.1) is 6.42 Å². The molecule has 0 aromatic carbocycles. The molecule has 1 saturated heterocycles. The van der Waals surface area contributed by atoms with Gasteiger partial charge in [-0.3, -0.25) is 4.84 Å². The van der Waals surface area contributed by atoms with Crippen molar-refractivity contribution in [2.45, 2.75) is 76.3 Å². The third-order valence-electron chi connectivity index (χ3n) is 4.46. The molecular formula is C13H22N2O3. The van der Waals surface area contributed by atoms with Crippen molar-refractivity contribution in [1.82, 2.24) is 5.06 Å². The van der Waals surface area contributed by atoms with E-state index in [-0.39, 0.29) is 6.04 Å². The molecule has 0 amide bonds. The molecule has 0 spiro atoms. The summed E-state index contributed by atoms with van der Waals surface area (Å²) in [6, 6.07) is 0.0572. The highest BCUT2D eigenvalue weighted by Crippen LogP contribution is 2.44. The monoisotopic (exact) mass is 254 g/mol. The molecule has 1 saturated carbocycles. The van der Waals surface area contributed by atoms with Crippen molar-refractivity contribution in [3.05, 3.63) is 5.21 Å². The van der Waals surface area contributed by atoms with E-state index in [2.05, 4.69) is 0 Å². The molecule has 18 heavy (non-hydrogen) atoms. The van der Waals surface area contributed by atoms with Gasteiger partial charge in [0.2, 0.25) is 0 Å². The van der Waals surface area contributed by atoms with Crippen LogP contribution in [0.5, 0.6) is 0 Å². The van der Waals surface area contributed by atoms with Crippen LogP contribution < -0.4 is 0 Å². The first-order valence-electron chi connectivity index (χ1n) is 6.98. The largest absolute Gasteiger partial charge is 0.622 e. The van der Waals surface area contributed by atoms with Crippen LogP contribution in [0.1, 0.15) is 58.8 Å². The average molecular weight is 254 g/mol. The van der Waals surface area contributed by atoms with Gasteiger partial charge in [-0.25, -0.2) is 0 Å². The van der Waals surface area contributed by atoms with Gasteiger partial charge in [-0.05, 0) is 19.8 Å². The van der Waals surface area contributed by atoms with E-state index in [1.807, 2.05) is 6.92 Å². The Morgan fingerprint density at radius 3 is 2.83 bits per heavy atom. The first-order chi connectivity index (χ1) is 8.44. The smallest absolute Gasteiger partial charge is 0.253 e. The molecular weight excluding hydrogens is 232 g/mol. The minimum Gasteiger partial charge on any atom is -0.622 e. The van der Waals surface area contributed by atoms with Gasteiger partial charge in [0.15, 0.2) is 11.5 Å². The van der Waals surface area contributed by atoms with Gasteiger partial charge in [0, 0.05) is 13.3 Å². The number of hydrogen-bond acceptors (Lipinski definition) is 4. The Hall–Kier alpha value is -0.650. The van der Waals surface area contributed by atoms with Crippen molar-refractivity contribution >= 4 is 5.71 Å². The molecule has 3 atom stereocenters. The average Bonchev–Trinajstić information content (AvgIpc) is 2.57. The van der Waals surface area contributed by atoms with E-state index in [1.54, 1.807) is 12.0 Å². The van der Waals surface area contributed by atoms with E-state index >= 15 is 0 Å². The number of nitrogens with zero attached hydrogens (tertiary/aromatic N) is 2. The van der Waals surface area contributed by atoms with E-state index in [9.17, 15) is 10.3 Å². The lowest BCUT2D eigenvalue weighted by Crippen LogP contribution is -2.45. The van der Waals surface area contributed by atoms with E-state index < -0.39 is 11.4 Å². The van der Waals surface area contributed by atoms with Crippen molar-refractivity contribution in [2.24, 2.45) is 0 Å². The van der Waals surface area contributed by atoms with Crippen LogP contribution in [0.3, 0.4) is 0 Å². The number of hydroxylamine groups is 3. The Morgan fingerprint density at radius 1 is 1.33 bits per heavy atom. The topological polar surface area (TPSA) is 58.8 Å². The standard InChI is InChI=1S/C13H22N2O3/c1-12-9-13(2,16)18-15(12)11-8-6-4-3-5-7-10(11)14(12)17/h11,16H,3-9H2,1-2H3. The van der Waals surface area contributed by atoms with E-state index in [0.717, 1.165) is 36.1 Å². The van der Waals surface area contributed by atoms with Crippen LogP contribution in [0, 0.1) is 5.21 Å². The van der Waals surface area contributed by atoms with Crippen molar-refractivity contribution < 1.29 is 14.7 Å². The Morgan fingerprint density at radius 2 is 2.06 bits per heavy atom. The quantitative estimate of drug-likeness (QED) is 0.528. The SMILES string of the molecule is CC1(O)CC2(C)N(O1)C1CCCCCCC1=[N+]2[O-]. The third-order valence-corrected chi connectivity index (χ3v) is 4.46. The molecule has 2 fully saturated rings. The van der Waals surface area contributed by atoms with Gasteiger partial charge in [0.25, 0.3) is 5.66 Å². The molecule has 0 radical (unpaired) electrons. The summed E-state index contributed by atoms with van der Waals surface area (Å²) < 4.78 is 1.12. The van der Waals surface area contributed by atoms with Crippen molar-refractivity contribution in [3.8, 4) is 0 Å². The van der Waals surface area contributed by atoms with Crippen LogP contribution in [0.15, 0.2) is 0 Å². The van der Waals surface area contributed by atoms with Crippen LogP contribution >= 0.6 is 0 Å². The molecule has 3 rings (SSSR count). The summed E-state index contributed by atoms with van der Waals surface area (Å²) >= 11 is 0. The maximum Gasteiger partial charge on any atom is 0.253 e. The molecule has 5 heteroatoms. The third kappa shape index (κ3) is 1.68. The van der Waals surface area contributed by atoms with Gasteiger partial charge in [-0.1, -0.05) is 19.3 Å². The Kier molecular flexibility index (Phi) is 2.70. The Labute approximate surface area is 108 Å². The summed E-state index contributed by atoms with van der Waals surface area (Å²) in [7, 11) is 0. The van der Waals surface area contributed by atoms with Crippen molar-refractivity contribution in [2.75, 3.05) is 0 Å². The minimum absolute atomic E-state index is 0.0572. The highest BCUT2D eigenvalue weighted by Gasteiger charge is 2.64. The highest BCUT2D eigenvalue weighted by molar-refractivity contribution is 5.86. The second kappa shape index (κ2) is 3.92. The lowest BCUT2D eigenvalue weighted by atomic mass is 9.95. The summed E-state index contributed by atoms with van der Waals surface area (Å²) in [4.78, 5) is 5.64. The molecule has 3 aliphatic rings. The lowest BCUT2D eigenvalue weighted by molar-refractivity contribution is -0.573. The van der Waals surface area contributed by atoms with Gasteiger partial charge in [-0.15, -0.1) is 5.06 Å². The minimum atomic E-state index is -1.22. The number of aliphatic hydroxyl groups is 1. The maximum absolute atomic E-state index is 12.5. The molecule has 0 aromatic heterocycles. The molecule has 2 heterocycles. The van der Waals surface area contributed by atoms with Crippen LogP contribution in [0.4, 0.5) is 0 Å². The fourth-order valence-electron chi connectivity index (χ4n) is 3.73. The molecule has 0 bridgehead atoms. The molecule has 5 nitrogen and oxygen atoms in total. The first kappa shape index (κ1) is 12.4. The lowest BCUT2D eigenvalue weighted by Gasteiger charge is -2.26. The zero-order valence-electron chi connectivity index (χ0n) is 11.2. The summed E-state index contributed by atoms with van der Waals surface area (Å²) in [6.45, 7) is 3.51. The van der Waals surface area contributed by atoms with E-state index in [4.69, 9.17) is 4.84 Å². The molecule has 2 aliphatic heterocycles. The summed E-state index contributed by atoms with van der Waals surface area (Å²) in [6.07, 6.45) is 6.81. The van der Waals surface area contributed by atoms with Crippen LogP contribution in [-0.4, -0.2) is 38.1 Å². The zero-order valence-corrected chi connectivity index (χ0v) is 11.2. The fourth-order valence-corrected chi connectivity index (χ4v) is 3.73. The second-order valence-corrected chi connectivity index (χ2v) is 6.24. The van der Waals surface area contributed by atoms with Gasteiger partial charge in [-0.2, -0.15) is 4.74 Å². The Bertz CT molecular complexity index is 394. The van der Waals surface area contributed by atoms with Crippen molar-refractivity contribution in [1.29, 1.82) is 0 Å². The highest BCUT2D eigenvalue weighted by atomic mass is 16.8. The number of fused-ring (bicyclic) bond motifs is 3. The van der Waals surface area contributed by atoms with E-state index in [1.165, 1.54) is 12.8 Å². The second-order valence-electron chi connectivity index (χ2n) is 6.24. The van der Waals surface area contributed by atoms with Crippen LogP contribution in [-0.2, 0) is 4.84 Å². The predicted octanol–water partition coefficient (Wildman–Crippen LogP) is 1.74. The molecule has 1 N–H and O–H groups in total. The normalized spacial score (nSPS) is 45.6. The fraction of sp³-hybridized carbons (Fsp3) is 0.923. The summed E-state index contributed by atoms with van der Waals surface area (Å²) in [5.74, 6) is -1.22. The van der Waals surface area contributed by atoms with E-state index in [0.29, 0.717) is 6.42 Å². The van der Waals surface area contributed by atoms with Gasteiger partial charge < -0.3 is 10.3 Å². The molecule has 102 valence electrons. The summed E-state index contributed by atoms with van der Waals surface area (Å²) in [5.41, 5.74) is 0.223. The van der Waals surface area contributed by atoms with Crippen LogP contribution in [0.25, 0.3) is 0 Å². The van der Waals surface area contributed by atoms with Gasteiger partial charge >= 0.3 is 0 Å². The van der Waals surface area contributed by atoms with Gasteiger partial charge in [0.1, 0.15) is 6.04 Å². The number of hydrogen-bond donors (Lipinski definition) is 1. The zero-order chi connectivity index (χ0) is 13.0. The molecule has 0 aromatic rings. The molecule has 3 unspecified atom stereocenters. The summed E-state index contributed by atoms with van der Waals surface area (Å²) in [5, 5.41) is 24.4. The van der Waals surface area contributed by atoms with Crippen LogP contribution in [0.2, 0.25) is 0 Å². The number of rotatable bonds is 0. The maximum atomic E-state index is 12.5. The first-order valence-corrected chi connectivity index (χ1v) is 6.98. The molecule has 1 aliphatic carbocycles.